The van der Waals surface area contributed by atoms with Gasteiger partial charge in [0.2, 0.25) is 0 Å². The maximum atomic E-state index is 12.7. The van der Waals surface area contributed by atoms with Crippen LogP contribution in [0.1, 0.15) is 24.1 Å². The number of halogens is 1. The standard InChI is InChI=1S/C22H21ClN2O5S/c1-12(26)19-20(13-7-5-4-6-8-13)24-22(31)25-21(19)14-9-16(28-2)17(10-15(14)23)30-11-18(27)29-3/h4-10,21H,11H2,1-3H3,(H2,24,25,31)/t21-/m0/s1. The molecular weight excluding hydrogens is 440 g/mol. The average Bonchev–Trinajstić information content (AvgIpc) is 2.77. The molecule has 2 aromatic carbocycles. The van der Waals surface area contributed by atoms with E-state index in [-0.39, 0.29) is 18.1 Å². The fourth-order valence-electron chi connectivity index (χ4n) is 3.25. The van der Waals surface area contributed by atoms with E-state index >= 15 is 0 Å². The Hall–Kier alpha value is -3.10. The smallest absolute Gasteiger partial charge is 0.343 e. The first-order valence-corrected chi connectivity index (χ1v) is 10.1. The number of esters is 1. The normalized spacial score (nSPS) is 15.6. The molecule has 1 atom stereocenters. The highest BCUT2D eigenvalue weighted by molar-refractivity contribution is 7.80. The van der Waals surface area contributed by atoms with Crippen molar-refractivity contribution in [1.82, 2.24) is 10.6 Å². The van der Waals surface area contributed by atoms with Crippen molar-refractivity contribution in [1.29, 1.82) is 0 Å². The number of carbonyl (C=O) groups is 2. The molecule has 0 bridgehead atoms. The summed E-state index contributed by atoms with van der Waals surface area (Å²) in [5.41, 5.74) is 2.49. The number of rotatable bonds is 7. The third-order valence-corrected chi connectivity index (χ3v) is 5.23. The molecule has 1 aliphatic rings. The number of thiocarbonyl (C=S) groups is 1. The largest absolute Gasteiger partial charge is 0.493 e. The summed E-state index contributed by atoms with van der Waals surface area (Å²) < 4.78 is 15.5. The van der Waals surface area contributed by atoms with Crippen LogP contribution in [0.15, 0.2) is 48.0 Å². The molecule has 0 amide bonds. The monoisotopic (exact) mass is 460 g/mol. The van der Waals surface area contributed by atoms with Crippen LogP contribution >= 0.6 is 23.8 Å². The van der Waals surface area contributed by atoms with E-state index in [9.17, 15) is 9.59 Å². The van der Waals surface area contributed by atoms with E-state index in [1.165, 1.54) is 27.2 Å². The number of ether oxygens (including phenoxy) is 3. The second kappa shape index (κ2) is 9.80. The lowest BCUT2D eigenvalue weighted by molar-refractivity contribution is -0.142. The Balaban J connectivity index is 2.10. The van der Waals surface area contributed by atoms with Crippen LogP contribution in [0.3, 0.4) is 0 Å². The van der Waals surface area contributed by atoms with E-state index in [4.69, 9.17) is 33.3 Å². The molecule has 31 heavy (non-hydrogen) atoms. The molecule has 0 radical (unpaired) electrons. The van der Waals surface area contributed by atoms with Gasteiger partial charge in [-0.2, -0.15) is 0 Å². The van der Waals surface area contributed by atoms with E-state index in [0.29, 0.717) is 32.7 Å². The molecule has 7 nitrogen and oxygen atoms in total. The third kappa shape index (κ3) is 4.98. The van der Waals surface area contributed by atoms with Crippen LogP contribution in [0.25, 0.3) is 5.70 Å². The van der Waals surface area contributed by atoms with Crippen molar-refractivity contribution in [3.8, 4) is 11.5 Å². The van der Waals surface area contributed by atoms with E-state index in [2.05, 4.69) is 15.4 Å². The molecule has 1 aliphatic heterocycles. The Kier molecular flexibility index (Phi) is 7.14. The molecule has 0 saturated carbocycles. The van der Waals surface area contributed by atoms with Gasteiger partial charge in [-0.15, -0.1) is 0 Å². The minimum Gasteiger partial charge on any atom is -0.493 e. The molecule has 0 aromatic heterocycles. The van der Waals surface area contributed by atoms with Gasteiger partial charge in [0, 0.05) is 17.2 Å². The molecule has 0 unspecified atom stereocenters. The summed E-state index contributed by atoms with van der Waals surface area (Å²) in [7, 11) is 2.74. The van der Waals surface area contributed by atoms with Crippen LogP contribution in [0.5, 0.6) is 11.5 Å². The minimum absolute atomic E-state index is 0.146. The first-order chi connectivity index (χ1) is 14.8. The van der Waals surface area contributed by atoms with Crippen molar-refractivity contribution >= 4 is 46.4 Å². The van der Waals surface area contributed by atoms with Crippen LogP contribution in [-0.2, 0) is 14.3 Å². The zero-order valence-corrected chi connectivity index (χ0v) is 18.7. The number of Topliss-reactive ketones (excluding diaryl/α,β-unsaturated/α-hetero) is 1. The summed E-state index contributed by atoms with van der Waals surface area (Å²) >= 11 is 12.0. The highest BCUT2D eigenvalue weighted by Crippen LogP contribution is 2.40. The number of nitrogens with one attached hydrogen (secondary N) is 2. The average molecular weight is 461 g/mol. The maximum absolute atomic E-state index is 12.7. The molecule has 2 aromatic rings. The zero-order chi connectivity index (χ0) is 22.5. The Labute approximate surface area is 190 Å². The molecule has 0 saturated heterocycles. The lowest BCUT2D eigenvalue weighted by Crippen LogP contribution is -2.44. The summed E-state index contributed by atoms with van der Waals surface area (Å²) in [5, 5.41) is 6.88. The number of hydrogen-bond acceptors (Lipinski definition) is 6. The molecule has 162 valence electrons. The first kappa shape index (κ1) is 22.6. The van der Waals surface area contributed by atoms with Crippen LogP contribution in [-0.4, -0.2) is 37.7 Å². The zero-order valence-electron chi connectivity index (χ0n) is 17.2. The van der Waals surface area contributed by atoms with Crippen molar-refractivity contribution < 1.29 is 23.8 Å². The SMILES string of the molecule is COC(=O)COc1cc(Cl)c([C@@H]2NC(=S)NC(c3ccccc3)=C2C(C)=O)cc1OC. The molecular formula is C22H21ClN2O5S. The lowest BCUT2D eigenvalue weighted by Gasteiger charge is -2.32. The van der Waals surface area contributed by atoms with Crippen LogP contribution < -0.4 is 20.1 Å². The minimum atomic E-state index is -0.613. The highest BCUT2D eigenvalue weighted by atomic mass is 35.5. The fraction of sp³-hybridized carbons (Fsp3) is 0.227. The fourth-order valence-corrected chi connectivity index (χ4v) is 3.73. The quantitative estimate of drug-likeness (QED) is 0.480. The predicted octanol–water partition coefficient (Wildman–Crippen LogP) is 3.42. The van der Waals surface area contributed by atoms with Crippen molar-refractivity contribution in [2.24, 2.45) is 0 Å². The first-order valence-electron chi connectivity index (χ1n) is 9.30. The molecule has 2 N–H and O–H groups in total. The van der Waals surface area contributed by atoms with E-state index in [1.54, 1.807) is 6.07 Å². The molecule has 1 heterocycles. The molecule has 9 heteroatoms. The number of carbonyl (C=O) groups excluding carboxylic acids is 2. The van der Waals surface area contributed by atoms with Crippen molar-refractivity contribution in [3.63, 3.8) is 0 Å². The van der Waals surface area contributed by atoms with Gasteiger partial charge in [-0.3, -0.25) is 4.79 Å². The Morgan fingerprint density at radius 1 is 1.13 bits per heavy atom. The molecule has 0 spiro atoms. The van der Waals surface area contributed by atoms with Crippen molar-refractivity contribution in [2.45, 2.75) is 13.0 Å². The van der Waals surface area contributed by atoms with Crippen LogP contribution in [0.2, 0.25) is 5.02 Å². The second-order valence-corrected chi connectivity index (χ2v) is 7.45. The Morgan fingerprint density at radius 2 is 1.84 bits per heavy atom. The predicted molar refractivity (Wildman–Crippen MR) is 121 cm³/mol. The van der Waals surface area contributed by atoms with Gasteiger partial charge in [0.25, 0.3) is 0 Å². The van der Waals surface area contributed by atoms with Gasteiger partial charge in [0.05, 0.1) is 31.0 Å². The third-order valence-electron chi connectivity index (χ3n) is 4.68. The summed E-state index contributed by atoms with van der Waals surface area (Å²) in [5.74, 6) is -0.0668. The van der Waals surface area contributed by atoms with E-state index in [0.717, 1.165) is 5.56 Å². The van der Waals surface area contributed by atoms with Gasteiger partial charge in [-0.05, 0) is 30.8 Å². The highest BCUT2D eigenvalue weighted by Gasteiger charge is 2.32. The maximum Gasteiger partial charge on any atom is 0.343 e. The van der Waals surface area contributed by atoms with Gasteiger partial charge in [0.1, 0.15) is 0 Å². The number of hydrogen-bond donors (Lipinski definition) is 2. The van der Waals surface area contributed by atoms with Crippen molar-refractivity contribution in [2.75, 3.05) is 20.8 Å². The van der Waals surface area contributed by atoms with Gasteiger partial charge < -0.3 is 24.8 Å². The van der Waals surface area contributed by atoms with Crippen molar-refractivity contribution in [3.05, 3.63) is 64.2 Å². The molecule has 0 fully saturated rings. The van der Waals surface area contributed by atoms with E-state index in [1.807, 2.05) is 30.3 Å². The number of methoxy groups -OCH3 is 2. The van der Waals surface area contributed by atoms with Crippen LogP contribution in [0.4, 0.5) is 0 Å². The topological polar surface area (TPSA) is 85.9 Å². The van der Waals surface area contributed by atoms with Gasteiger partial charge in [-0.1, -0.05) is 41.9 Å². The van der Waals surface area contributed by atoms with E-state index < -0.39 is 12.0 Å². The van der Waals surface area contributed by atoms with Gasteiger partial charge >= 0.3 is 5.97 Å². The van der Waals surface area contributed by atoms with Gasteiger partial charge in [-0.25, -0.2) is 4.79 Å². The van der Waals surface area contributed by atoms with Crippen LogP contribution in [0, 0.1) is 0 Å². The second-order valence-electron chi connectivity index (χ2n) is 6.63. The Bertz CT molecular complexity index is 1060. The van der Waals surface area contributed by atoms with Gasteiger partial charge in [0.15, 0.2) is 29.0 Å². The lowest BCUT2D eigenvalue weighted by atomic mass is 9.90. The summed E-state index contributed by atoms with van der Waals surface area (Å²) in [6.07, 6.45) is 0. The molecule has 0 aliphatic carbocycles. The summed E-state index contributed by atoms with van der Waals surface area (Å²) in [4.78, 5) is 24.1. The molecule has 3 rings (SSSR count). The number of benzene rings is 2. The number of ketones is 1. The summed E-state index contributed by atoms with van der Waals surface area (Å²) in [6.45, 7) is 1.19. The summed E-state index contributed by atoms with van der Waals surface area (Å²) in [6, 6.07) is 12.0. The Morgan fingerprint density at radius 3 is 2.45 bits per heavy atom.